The van der Waals surface area contributed by atoms with Crippen molar-refractivity contribution in [1.29, 1.82) is 0 Å². The van der Waals surface area contributed by atoms with Gasteiger partial charge < -0.3 is 9.84 Å². The first-order valence-corrected chi connectivity index (χ1v) is 7.24. The van der Waals surface area contributed by atoms with E-state index >= 15 is 0 Å². The Morgan fingerprint density at radius 3 is 2.70 bits per heavy atom. The van der Waals surface area contributed by atoms with Crippen LogP contribution >= 0.6 is 0 Å². The molecule has 0 radical (unpaired) electrons. The number of nitro groups is 1. The second-order valence-electron chi connectivity index (χ2n) is 5.38. The Balaban J connectivity index is 2.03. The van der Waals surface area contributed by atoms with E-state index in [0.717, 1.165) is 11.3 Å². The summed E-state index contributed by atoms with van der Waals surface area (Å²) < 4.78 is 5.31. The number of benzene rings is 2. The van der Waals surface area contributed by atoms with Gasteiger partial charge in [0.15, 0.2) is 0 Å². The van der Waals surface area contributed by atoms with Crippen molar-refractivity contribution in [2.45, 2.75) is 12.6 Å². The fourth-order valence-electron chi connectivity index (χ4n) is 2.44. The molecule has 1 unspecified atom stereocenters. The van der Waals surface area contributed by atoms with Crippen LogP contribution in [0.2, 0.25) is 0 Å². The number of ether oxygens (including phenoxy) is 1. The molecule has 0 aliphatic carbocycles. The van der Waals surface area contributed by atoms with Gasteiger partial charge in [0.1, 0.15) is 5.75 Å². The molecular formula is C17H20N2O4. The van der Waals surface area contributed by atoms with Crippen LogP contribution in [0.1, 0.15) is 17.2 Å². The molecule has 6 nitrogen and oxygen atoms in total. The molecule has 2 aromatic carbocycles. The van der Waals surface area contributed by atoms with E-state index in [-0.39, 0.29) is 5.69 Å². The molecule has 2 aromatic rings. The average molecular weight is 316 g/mol. The van der Waals surface area contributed by atoms with Crippen molar-refractivity contribution in [3.8, 4) is 5.75 Å². The van der Waals surface area contributed by atoms with Gasteiger partial charge in [-0.25, -0.2) is 0 Å². The number of nitro benzene ring substituents is 1. The topological polar surface area (TPSA) is 75.8 Å². The van der Waals surface area contributed by atoms with E-state index in [2.05, 4.69) is 0 Å². The van der Waals surface area contributed by atoms with E-state index in [4.69, 9.17) is 4.74 Å². The maximum absolute atomic E-state index is 10.8. The smallest absolute Gasteiger partial charge is 0.269 e. The summed E-state index contributed by atoms with van der Waals surface area (Å²) in [5.41, 5.74) is 1.53. The fraction of sp³-hybridized carbons (Fsp3) is 0.294. The van der Waals surface area contributed by atoms with Crippen LogP contribution in [-0.2, 0) is 6.54 Å². The van der Waals surface area contributed by atoms with Crippen LogP contribution in [0.25, 0.3) is 0 Å². The Labute approximate surface area is 135 Å². The molecule has 1 atom stereocenters. The Morgan fingerprint density at radius 2 is 2.00 bits per heavy atom. The first kappa shape index (κ1) is 16.9. The Kier molecular flexibility index (Phi) is 5.67. The van der Waals surface area contributed by atoms with E-state index in [9.17, 15) is 15.2 Å². The maximum atomic E-state index is 10.8. The van der Waals surface area contributed by atoms with E-state index < -0.39 is 11.0 Å². The summed E-state index contributed by atoms with van der Waals surface area (Å²) in [6.45, 7) is 0.967. The zero-order chi connectivity index (χ0) is 16.8. The lowest BCUT2D eigenvalue weighted by Crippen LogP contribution is -2.24. The predicted octanol–water partition coefficient (Wildman–Crippen LogP) is 2.77. The molecule has 0 fully saturated rings. The van der Waals surface area contributed by atoms with Crippen LogP contribution in [0.15, 0.2) is 48.5 Å². The fourth-order valence-corrected chi connectivity index (χ4v) is 2.44. The minimum Gasteiger partial charge on any atom is -0.496 e. The second kappa shape index (κ2) is 7.71. The molecule has 0 spiro atoms. The standard InChI is InChI=1S/C17H20N2O4/c1-18(11-14-6-3-4-9-17(14)23-2)12-16(20)13-7-5-8-15(10-13)19(21)22/h3-10,16,20H,11-12H2,1-2H3. The first-order chi connectivity index (χ1) is 11.0. The molecular weight excluding hydrogens is 296 g/mol. The zero-order valence-corrected chi connectivity index (χ0v) is 13.2. The Morgan fingerprint density at radius 1 is 1.26 bits per heavy atom. The molecule has 23 heavy (non-hydrogen) atoms. The lowest BCUT2D eigenvalue weighted by molar-refractivity contribution is -0.385. The third-order valence-corrected chi connectivity index (χ3v) is 3.58. The number of methoxy groups -OCH3 is 1. The highest BCUT2D eigenvalue weighted by Gasteiger charge is 2.15. The predicted molar refractivity (Wildman–Crippen MR) is 87.4 cm³/mol. The van der Waals surface area contributed by atoms with E-state index in [1.54, 1.807) is 19.2 Å². The molecule has 0 aliphatic rings. The summed E-state index contributed by atoms with van der Waals surface area (Å²) in [7, 11) is 3.50. The summed E-state index contributed by atoms with van der Waals surface area (Å²) in [6.07, 6.45) is -0.797. The zero-order valence-electron chi connectivity index (χ0n) is 13.2. The first-order valence-electron chi connectivity index (χ1n) is 7.24. The van der Waals surface area contributed by atoms with Gasteiger partial charge in [0, 0.05) is 30.8 Å². The molecule has 0 amide bonds. The van der Waals surface area contributed by atoms with Gasteiger partial charge in [0.2, 0.25) is 0 Å². The van der Waals surface area contributed by atoms with Gasteiger partial charge >= 0.3 is 0 Å². The SMILES string of the molecule is COc1ccccc1CN(C)CC(O)c1cccc([N+](=O)[O-])c1. The summed E-state index contributed by atoms with van der Waals surface area (Å²) in [5.74, 6) is 0.796. The number of hydrogen-bond donors (Lipinski definition) is 1. The van der Waals surface area contributed by atoms with E-state index in [1.165, 1.54) is 12.1 Å². The van der Waals surface area contributed by atoms with E-state index in [0.29, 0.717) is 18.7 Å². The van der Waals surface area contributed by atoms with Gasteiger partial charge in [-0.2, -0.15) is 0 Å². The van der Waals surface area contributed by atoms with Crippen LogP contribution in [0.5, 0.6) is 5.75 Å². The maximum Gasteiger partial charge on any atom is 0.269 e. The number of rotatable bonds is 7. The number of para-hydroxylation sites is 1. The average Bonchev–Trinajstić information content (AvgIpc) is 2.55. The van der Waals surface area contributed by atoms with E-state index in [1.807, 2.05) is 36.2 Å². The van der Waals surface area contributed by atoms with Gasteiger partial charge in [-0.3, -0.25) is 15.0 Å². The molecule has 1 N–H and O–H groups in total. The molecule has 122 valence electrons. The molecule has 0 aromatic heterocycles. The van der Waals surface area contributed by atoms with Crippen molar-refractivity contribution in [3.05, 3.63) is 69.8 Å². The lowest BCUT2D eigenvalue weighted by atomic mass is 10.1. The molecule has 0 aliphatic heterocycles. The molecule has 0 heterocycles. The van der Waals surface area contributed by atoms with Crippen molar-refractivity contribution in [1.82, 2.24) is 4.90 Å². The minimum atomic E-state index is -0.797. The highest BCUT2D eigenvalue weighted by Crippen LogP contribution is 2.22. The number of aliphatic hydroxyl groups excluding tert-OH is 1. The molecule has 6 heteroatoms. The normalized spacial score (nSPS) is 12.2. The van der Waals surface area contributed by atoms with Gasteiger partial charge in [-0.15, -0.1) is 0 Å². The quantitative estimate of drug-likeness (QED) is 0.628. The van der Waals surface area contributed by atoms with Crippen molar-refractivity contribution in [3.63, 3.8) is 0 Å². The third kappa shape index (κ3) is 4.51. The van der Waals surface area contributed by atoms with Crippen molar-refractivity contribution < 1.29 is 14.8 Å². The van der Waals surface area contributed by atoms with Gasteiger partial charge in [0.05, 0.1) is 18.1 Å². The lowest BCUT2D eigenvalue weighted by Gasteiger charge is -2.21. The molecule has 0 bridgehead atoms. The van der Waals surface area contributed by atoms with Crippen LogP contribution in [0.4, 0.5) is 5.69 Å². The van der Waals surface area contributed by atoms with Crippen molar-refractivity contribution >= 4 is 5.69 Å². The number of aliphatic hydroxyl groups is 1. The van der Waals surface area contributed by atoms with Crippen molar-refractivity contribution in [2.75, 3.05) is 20.7 Å². The van der Waals surface area contributed by atoms with Crippen LogP contribution < -0.4 is 4.74 Å². The number of nitrogens with zero attached hydrogens (tertiary/aromatic N) is 2. The van der Waals surface area contributed by atoms with Gasteiger partial charge in [-0.1, -0.05) is 30.3 Å². The second-order valence-corrected chi connectivity index (χ2v) is 5.38. The molecule has 0 saturated carbocycles. The van der Waals surface area contributed by atoms with Crippen LogP contribution in [-0.4, -0.2) is 35.6 Å². The minimum absolute atomic E-state index is 0.0195. The highest BCUT2D eigenvalue weighted by molar-refractivity contribution is 5.35. The third-order valence-electron chi connectivity index (χ3n) is 3.58. The van der Waals surface area contributed by atoms with Crippen molar-refractivity contribution in [2.24, 2.45) is 0 Å². The summed E-state index contributed by atoms with van der Waals surface area (Å²) >= 11 is 0. The summed E-state index contributed by atoms with van der Waals surface area (Å²) in [6, 6.07) is 13.8. The number of non-ortho nitro benzene ring substituents is 1. The Bertz CT molecular complexity index is 675. The van der Waals surface area contributed by atoms with Crippen LogP contribution in [0.3, 0.4) is 0 Å². The largest absolute Gasteiger partial charge is 0.496 e. The molecule has 2 rings (SSSR count). The Hall–Kier alpha value is -2.44. The van der Waals surface area contributed by atoms with Gasteiger partial charge in [-0.05, 0) is 18.7 Å². The summed E-state index contributed by atoms with van der Waals surface area (Å²) in [4.78, 5) is 12.3. The number of likely N-dealkylation sites (N-methyl/N-ethyl adjacent to an activating group) is 1. The monoisotopic (exact) mass is 316 g/mol. The molecule has 0 saturated heterocycles. The van der Waals surface area contributed by atoms with Crippen LogP contribution in [0, 0.1) is 10.1 Å². The number of hydrogen-bond acceptors (Lipinski definition) is 5. The highest BCUT2D eigenvalue weighted by atomic mass is 16.6. The summed E-state index contributed by atoms with van der Waals surface area (Å²) in [5, 5.41) is 21.1. The van der Waals surface area contributed by atoms with Gasteiger partial charge in [0.25, 0.3) is 5.69 Å².